The highest BCUT2D eigenvalue weighted by molar-refractivity contribution is 6.25. The van der Waals surface area contributed by atoms with Gasteiger partial charge in [-0.2, -0.15) is 0 Å². The van der Waals surface area contributed by atoms with Crippen molar-refractivity contribution < 1.29 is 4.90 Å². The highest BCUT2D eigenvalue weighted by Gasteiger charge is 2.33. The van der Waals surface area contributed by atoms with E-state index in [1.165, 1.54) is 70.8 Å². The molecule has 0 spiro atoms. The number of hydrogen-bond acceptors (Lipinski definition) is 3. The van der Waals surface area contributed by atoms with Gasteiger partial charge in [-0.1, -0.05) is 158 Å². The molecule has 0 saturated carbocycles. The lowest BCUT2D eigenvalue weighted by Gasteiger charge is -2.17. The van der Waals surface area contributed by atoms with Crippen LogP contribution in [0.5, 0.6) is 0 Å². The molecule has 1 aliphatic rings. The van der Waals surface area contributed by atoms with Crippen LogP contribution in [0.15, 0.2) is 212 Å². The highest BCUT2D eigenvalue weighted by atomic mass is 15.2. The van der Waals surface area contributed by atoms with Gasteiger partial charge in [0.1, 0.15) is 17.1 Å². The van der Waals surface area contributed by atoms with Crippen molar-refractivity contribution in [2.45, 2.75) is 6.92 Å². The zero-order valence-electron chi connectivity index (χ0n) is 34.0. The Labute approximate surface area is 360 Å². The molecule has 10 aromatic carbocycles. The van der Waals surface area contributed by atoms with E-state index in [1.807, 2.05) is 0 Å². The van der Waals surface area contributed by atoms with Crippen LogP contribution in [0, 0.1) is 6.92 Å². The first kappa shape index (κ1) is 35.9. The largest absolute Gasteiger partial charge is 0.237 e. The maximum Gasteiger partial charge on any atom is 0.164 e. The molecule has 0 fully saturated rings. The summed E-state index contributed by atoms with van der Waals surface area (Å²) in [5.74, 6) is 1.89. The summed E-state index contributed by atoms with van der Waals surface area (Å²) in [6.07, 6.45) is 0. The van der Waals surface area contributed by atoms with E-state index in [9.17, 15) is 0 Å². The van der Waals surface area contributed by atoms with Gasteiger partial charge >= 0.3 is 0 Å². The Kier molecular flexibility index (Phi) is 8.44. The van der Waals surface area contributed by atoms with Crippen LogP contribution in [0.3, 0.4) is 0 Å². The molecule has 0 unspecified atom stereocenters. The van der Waals surface area contributed by atoms with Gasteiger partial charge in [0.2, 0.25) is 0 Å². The number of nitrogens with one attached hydrogen (secondary N) is 1. The van der Waals surface area contributed by atoms with Gasteiger partial charge in [0.05, 0.1) is 0 Å². The Morgan fingerprint density at radius 1 is 0.290 bits per heavy atom. The van der Waals surface area contributed by atoms with Crippen molar-refractivity contribution >= 4 is 49.4 Å². The van der Waals surface area contributed by atoms with Crippen LogP contribution in [0.1, 0.15) is 5.56 Å². The predicted molar refractivity (Wildman–Crippen MR) is 256 cm³/mol. The van der Waals surface area contributed by atoms with Crippen molar-refractivity contribution in [3.63, 3.8) is 0 Å². The first-order valence-corrected chi connectivity index (χ1v) is 21.2. The van der Waals surface area contributed by atoms with Crippen LogP contribution in [0.4, 0.5) is 17.1 Å². The first-order chi connectivity index (χ1) is 30.6. The van der Waals surface area contributed by atoms with Crippen LogP contribution in [-0.4, -0.2) is 15.0 Å². The van der Waals surface area contributed by atoms with Gasteiger partial charge in [0.15, 0.2) is 17.5 Å². The summed E-state index contributed by atoms with van der Waals surface area (Å²) < 4.78 is 0. The van der Waals surface area contributed by atoms with Gasteiger partial charge in [0.25, 0.3) is 0 Å². The fourth-order valence-corrected chi connectivity index (χ4v) is 9.62. The topological polar surface area (TPSA) is 43.1 Å². The molecule has 1 aliphatic heterocycles. The number of benzene rings is 10. The van der Waals surface area contributed by atoms with E-state index >= 15 is 0 Å². The first-order valence-electron chi connectivity index (χ1n) is 21.2. The van der Waals surface area contributed by atoms with E-state index in [4.69, 9.17) is 15.0 Å². The zero-order valence-corrected chi connectivity index (χ0v) is 34.0. The van der Waals surface area contributed by atoms with Gasteiger partial charge in [-0.25, -0.2) is 19.9 Å². The minimum atomic E-state index is 0.625. The predicted octanol–water partition coefficient (Wildman–Crippen LogP) is 14.1. The Morgan fingerprint density at radius 2 is 0.742 bits per heavy atom. The van der Waals surface area contributed by atoms with E-state index < -0.39 is 0 Å². The van der Waals surface area contributed by atoms with E-state index in [-0.39, 0.29) is 0 Å². The average Bonchev–Trinajstić information content (AvgIpc) is 3.68. The molecule has 0 amide bonds. The minimum Gasteiger partial charge on any atom is -0.237 e. The number of fused-ring (bicyclic) bond motifs is 9. The van der Waals surface area contributed by atoms with Crippen molar-refractivity contribution in [2.24, 2.45) is 0 Å². The van der Waals surface area contributed by atoms with Crippen LogP contribution in [0.2, 0.25) is 0 Å². The lowest BCUT2D eigenvalue weighted by Crippen LogP contribution is -2.95. The third-order valence-corrected chi connectivity index (χ3v) is 12.4. The molecule has 11 aromatic rings. The molecular weight excluding hydrogens is 753 g/mol. The SMILES string of the molecule is Cc1cc(-c2nc(-c3cccc(-c4ccccc4-c4ccccc4)c3)nc(-c3ccc4c5ccccc5c5ccccc5c4c3)n2)cc([NH+]2c3ccccc3-c3ccccc32)c1. The van der Waals surface area contributed by atoms with Crippen molar-refractivity contribution in [1.82, 2.24) is 15.0 Å². The van der Waals surface area contributed by atoms with Crippen LogP contribution in [-0.2, 0) is 0 Å². The summed E-state index contributed by atoms with van der Waals surface area (Å²) in [5, 5.41) is 7.31. The monoisotopic (exact) mass is 791 g/mol. The van der Waals surface area contributed by atoms with E-state index in [2.05, 4.69) is 219 Å². The molecule has 0 bridgehead atoms. The molecule has 1 aromatic heterocycles. The number of quaternary nitrogens is 1. The lowest BCUT2D eigenvalue weighted by molar-refractivity contribution is -0.677. The van der Waals surface area contributed by atoms with E-state index in [0.717, 1.165) is 39.1 Å². The summed E-state index contributed by atoms with van der Waals surface area (Å²) in [6, 6.07) is 76.0. The Morgan fingerprint density at radius 3 is 1.37 bits per heavy atom. The number of aryl methyl sites for hydroxylation is 1. The molecule has 0 saturated heterocycles. The zero-order chi connectivity index (χ0) is 41.1. The van der Waals surface area contributed by atoms with Crippen molar-refractivity contribution in [2.75, 3.05) is 0 Å². The maximum absolute atomic E-state index is 5.35. The fourth-order valence-electron chi connectivity index (χ4n) is 9.62. The molecular formula is C58H39N4+. The number of para-hydroxylation sites is 2. The molecule has 4 heteroatoms. The molecule has 290 valence electrons. The second-order valence-electron chi connectivity index (χ2n) is 16.2. The minimum absolute atomic E-state index is 0.625. The third-order valence-electron chi connectivity index (χ3n) is 12.4. The fraction of sp³-hybridized carbons (Fsp3) is 0.0172. The van der Waals surface area contributed by atoms with Gasteiger partial charge in [0, 0.05) is 52.1 Å². The molecule has 12 rings (SSSR count). The Hall–Kier alpha value is -8.05. The van der Waals surface area contributed by atoms with Gasteiger partial charge in [-0.15, -0.1) is 0 Å². The average molecular weight is 792 g/mol. The van der Waals surface area contributed by atoms with Crippen molar-refractivity contribution in [3.8, 4) is 67.5 Å². The lowest BCUT2D eigenvalue weighted by atomic mass is 9.93. The molecule has 4 nitrogen and oxygen atoms in total. The second kappa shape index (κ2) is 14.6. The van der Waals surface area contributed by atoms with Crippen molar-refractivity contribution in [3.05, 3.63) is 218 Å². The van der Waals surface area contributed by atoms with E-state index in [1.54, 1.807) is 0 Å². The quantitative estimate of drug-likeness (QED) is 0.171. The van der Waals surface area contributed by atoms with Crippen LogP contribution < -0.4 is 4.90 Å². The molecule has 62 heavy (non-hydrogen) atoms. The summed E-state index contributed by atoms with van der Waals surface area (Å²) in [4.78, 5) is 17.2. The summed E-state index contributed by atoms with van der Waals surface area (Å²) in [6.45, 7) is 2.16. The highest BCUT2D eigenvalue weighted by Crippen LogP contribution is 2.41. The Balaban J connectivity index is 1.06. The molecule has 1 N–H and O–H groups in total. The third kappa shape index (κ3) is 6.00. The number of nitrogens with zero attached hydrogens (tertiary/aromatic N) is 3. The summed E-state index contributed by atoms with van der Waals surface area (Å²) in [7, 11) is 0. The molecule has 0 atom stereocenters. The smallest absolute Gasteiger partial charge is 0.164 e. The molecule has 2 heterocycles. The van der Waals surface area contributed by atoms with E-state index in [0.29, 0.717) is 17.5 Å². The van der Waals surface area contributed by atoms with Crippen LogP contribution >= 0.6 is 0 Å². The number of hydrogen-bond donors (Lipinski definition) is 1. The normalized spacial score (nSPS) is 12.2. The molecule has 0 aliphatic carbocycles. The van der Waals surface area contributed by atoms with Gasteiger partial charge in [-0.05, 0) is 97.4 Å². The Bertz CT molecular complexity index is 3470. The summed E-state index contributed by atoms with van der Waals surface area (Å²) >= 11 is 0. The standard InChI is InChI=1S/C58H38N4/c1-37-32-42(35-43(33-37)62-54-28-13-11-26-51(54)52-27-12-14-29-55(52)62)58-60-56(40-19-15-18-39(34-40)45-21-6-5-20-44(45)38-16-3-2-4-17-38)59-57(61-58)41-30-31-50-48-24-8-7-22-46(48)47-23-9-10-25-49(47)53(50)36-41/h2-36H,1H3/p+1. The van der Waals surface area contributed by atoms with Gasteiger partial charge in [-0.3, -0.25) is 0 Å². The number of aromatic nitrogens is 3. The van der Waals surface area contributed by atoms with Crippen LogP contribution in [0.25, 0.3) is 99.9 Å². The maximum atomic E-state index is 5.35. The summed E-state index contributed by atoms with van der Waals surface area (Å²) in [5.41, 5.74) is 14.7. The molecule has 0 radical (unpaired) electrons. The number of rotatable bonds is 6. The van der Waals surface area contributed by atoms with Gasteiger partial charge < -0.3 is 0 Å². The van der Waals surface area contributed by atoms with Crippen molar-refractivity contribution in [1.29, 1.82) is 0 Å². The second-order valence-corrected chi connectivity index (χ2v) is 16.2.